The van der Waals surface area contributed by atoms with Crippen LogP contribution in [0.2, 0.25) is 0 Å². The fourth-order valence-electron chi connectivity index (χ4n) is 3.58. The van der Waals surface area contributed by atoms with Crippen LogP contribution < -0.4 is 5.32 Å². The van der Waals surface area contributed by atoms with E-state index in [1.54, 1.807) is 23.6 Å². The molecule has 2 amide bonds. The molecule has 0 saturated carbocycles. The summed E-state index contributed by atoms with van der Waals surface area (Å²) in [6.45, 7) is 2.09. The molecule has 5 nitrogen and oxygen atoms in total. The summed E-state index contributed by atoms with van der Waals surface area (Å²) in [5.74, 6) is -0.370. The molecule has 2 aromatic carbocycles. The molecule has 0 aliphatic carbocycles. The van der Waals surface area contributed by atoms with Crippen LogP contribution in [0.25, 0.3) is 37.5 Å². The van der Waals surface area contributed by atoms with Crippen molar-refractivity contribution < 1.29 is 9.59 Å². The third kappa shape index (κ3) is 3.07. The van der Waals surface area contributed by atoms with Crippen molar-refractivity contribution in [3.8, 4) is 16.5 Å². The third-order valence-electron chi connectivity index (χ3n) is 5.02. The summed E-state index contributed by atoms with van der Waals surface area (Å²) >= 11 is 2.56. The Labute approximate surface area is 180 Å². The molecule has 5 rings (SSSR count). The molecule has 0 atom stereocenters. The van der Waals surface area contributed by atoms with E-state index < -0.39 is 0 Å². The van der Waals surface area contributed by atoms with Crippen LogP contribution in [0.15, 0.2) is 53.6 Å². The van der Waals surface area contributed by atoms with Crippen LogP contribution >= 0.6 is 23.1 Å². The number of imide groups is 1. The van der Waals surface area contributed by atoms with Gasteiger partial charge in [-0.25, -0.2) is 0 Å². The maximum absolute atomic E-state index is 11.9. The van der Waals surface area contributed by atoms with E-state index in [4.69, 9.17) is 0 Å². The number of fused-ring (bicyclic) bond motifs is 2. The van der Waals surface area contributed by atoms with Crippen LogP contribution in [0.3, 0.4) is 0 Å². The molecule has 1 aliphatic rings. The molecule has 1 fully saturated rings. The molecule has 4 aromatic rings. The first-order chi connectivity index (χ1) is 14.5. The van der Waals surface area contributed by atoms with E-state index in [2.05, 4.69) is 23.3 Å². The number of thiophene rings is 1. The van der Waals surface area contributed by atoms with Gasteiger partial charge in [-0.3, -0.25) is 19.9 Å². The van der Waals surface area contributed by atoms with Crippen LogP contribution in [-0.2, 0) is 4.79 Å². The van der Waals surface area contributed by atoms with E-state index in [9.17, 15) is 14.9 Å². The SMILES string of the molecule is Cc1c(-c2ccnc3ccc(/C=C4/SC(=O)NC4=O)cc23)sc2cc(C#N)ccc12. The minimum atomic E-state index is -0.370. The van der Waals surface area contributed by atoms with Gasteiger partial charge >= 0.3 is 0 Å². The maximum atomic E-state index is 11.9. The van der Waals surface area contributed by atoms with Crippen LogP contribution in [0.5, 0.6) is 0 Å². The quantitative estimate of drug-likeness (QED) is 0.420. The first-order valence-corrected chi connectivity index (χ1v) is 10.7. The standard InChI is InChI=1S/C23H13N3O2S2/c1-12-15-4-2-14(11-24)10-19(15)29-21(12)16-6-7-25-18-5-3-13(8-17(16)18)9-20-22(27)26-23(28)30-20/h2-10H,1H3,(H,26,27,28)/b20-9+. The number of nitriles is 1. The number of pyridine rings is 1. The number of carbonyl (C=O) groups excluding carboxylic acids is 2. The van der Waals surface area contributed by atoms with E-state index >= 15 is 0 Å². The lowest BCUT2D eigenvalue weighted by molar-refractivity contribution is -0.115. The summed E-state index contributed by atoms with van der Waals surface area (Å²) in [5, 5.41) is 13.2. The fraction of sp³-hybridized carbons (Fsp3) is 0.0435. The van der Waals surface area contributed by atoms with E-state index in [1.807, 2.05) is 42.5 Å². The van der Waals surface area contributed by atoms with Gasteiger partial charge in [0.2, 0.25) is 0 Å². The monoisotopic (exact) mass is 427 g/mol. The van der Waals surface area contributed by atoms with E-state index in [0.29, 0.717) is 10.5 Å². The van der Waals surface area contributed by atoms with Gasteiger partial charge in [0.05, 0.1) is 22.1 Å². The number of amides is 2. The summed E-state index contributed by atoms with van der Waals surface area (Å²) in [4.78, 5) is 29.3. The highest BCUT2D eigenvalue weighted by atomic mass is 32.2. The zero-order valence-corrected chi connectivity index (χ0v) is 17.4. The normalized spacial score (nSPS) is 15.1. The van der Waals surface area contributed by atoms with Crippen molar-refractivity contribution in [1.29, 1.82) is 5.26 Å². The van der Waals surface area contributed by atoms with Gasteiger partial charge in [-0.2, -0.15) is 5.26 Å². The molecule has 2 aromatic heterocycles. The zero-order valence-electron chi connectivity index (χ0n) is 15.7. The Bertz CT molecular complexity index is 1460. The molecule has 0 spiro atoms. The molecule has 144 valence electrons. The Balaban J connectivity index is 1.69. The predicted molar refractivity (Wildman–Crippen MR) is 121 cm³/mol. The van der Waals surface area contributed by atoms with Crippen molar-refractivity contribution in [3.63, 3.8) is 0 Å². The molecule has 1 aliphatic heterocycles. The van der Waals surface area contributed by atoms with Crippen molar-refractivity contribution in [2.45, 2.75) is 6.92 Å². The van der Waals surface area contributed by atoms with Gasteiger partial charge in [-0.15, -0.1) is 11.3 Å². The molecule has 1 saturated heterocycles. The highest BCUT2D eigenvalue weighted by molar-refractivity contribution is 8.18. The van der Waals surface area contributed by atoms with Gasteiger partial charge in [-0.05, 0) is 71.6 Å². The van der Waals surface area contributed by atoms with E-state index in [1.165, 1.54) is 0 Å². The number of hydrogen-bond acceptors (Lipinski definition) is 6. The number of benzene rings is 2. The lowest BCUT2D eigenvalue weighted by Crippen LogP contribution is -2.17. The molecule has 0 radical (unpaired) electrons. The molecule has 7 heteroatoms. The largest absolute Gasteiger partial charge is 0.290 e. The van der Waals surface area contributed by atoms with Crippen LogP contribution in [0.4, 0.5) is 4.79 Å². The summed E-state index contributed by atoms with van der Waals surface area (Å²) in [7, 11) is 0. The van der Waals surface area contributed by atoms with Crippen molar-refractivity contribution in [1.82, 2.24) is 10.3 Å². The number of nitrogens with zero attached hydrogens (tertiary/aromatic N) is 2. The fourth-order valence-corrected chi connectivity index (χ4v) is 5.55. The van der Waals surface area contributed by atoms with Crippen LogP contribution in [-0.4, -0.2) is 16.1 Å². The number of aromatic nitrogens is 1. The topological polar surface area (TPSA) is 82.8 Å². The minimum Gasteiger partial charge on any atom is -0.282 e. The lowest BCUT2D eigenvalue weighted by atomic mass is 10.0. The van der Waals surface area contributed by atoms with Crippen LogP contribution in [0, 0.1) is 18.3 Å². The molecule has 30 heavy (non-hydrogen) atoms. The number of rotatable bonds is 2. The van der Waals surface area contributed by atoms with Crippen molar-refractivity contribution in [3.05, 3.63) is 70.3 Å². The van der Waals surface area contributed by atoms with E-state index in [-0.39, 0.29) is 11.1 Å². The zero-order chi connectivity index (χ0) is 20.8. The summed E-state index contributed by atoms with van der Waals surface area (Å²) < 4.78 is 1.07. The molecule has 0 bridgehead atoms. The Hall–Kier alpha value is -3.47. The minimum absolute atomic E-state index is 0.355. The van der Waals surface area contributed by atoms with Gasteiger partial charge in [-0.1, -0.05) is 12.1 Å². The molecule has 0 unspecified atom stereocenters. The maximum Gasteiger partial charge on any atom is 0.290 e. The highest BCUT2D eigenvalue weighted by Gasteiger charge is 2.25. The first kappa shape index (κ1) is 18.6. The second-order valence-electron chi connectivity index (χ2n) is 6.87. The Morgan fingerprint density at radius 2 is 1.97 bits per heavy atom. The van der Waals surface area contributed by atoms with Crippen molar-refractivity contribution in [2.75, 3.05) is 0 Å². The lowest BCUT2D eigenvalue weighted by Gasteiger charge is -2.07. The second-order valence-corrected chi connectivity index (χ2v) is 8.93. The number of thioether (sulfide) groups is 1. The summed E-state index contributed by atoms with van der Waals surface area (Å²) in [5.41, 5.74) is 4.54. The second kappa shape index (κ2) is 7.10. The highest BCUT2D eigenvalue weighted by Crippen LogP contribution is 2.41. The molecular formula is C23H13N3O2S2. The Kier molecular flexibility index (Phi) is 4.39. The third-order valence-corrected chi connectivity index (χ3v) is 7.12. The number of hydrogen-bond donors (Lipinski definition) is 1. The van der Waals surface area contributed by atoms with Gasteiger partial charge in [0.1, 0.15) is 0 Å². The average Bonchev–Trinajstić information content (AvgIpc) is 3.25. The molecule has 1 N–H and O–H groups in total. The van der Waals surface area contributed by atoms with Gasteiger partial charge in [0, 0.05) is 26.7 Å². The Morgan fingerprint density at radius 1 is 1.10 bits per heavy atom. The summed E-state index contributed by atoms with van der Waals surface area (Å²) in [6.07, 6.45) is 3.51. The van der Waals surface area contributed by atoms with Crippen molar-refractivity contribution >= 4 is 61.3 Å². The van der Waals surface area contributed by atoms with Gasteiger partial charge in [0.15, 0.2) is 0 Å². The number of carbonyl (C=O) groups is 2. The average molecular weight is 428 g/mol. The number of nitrogens with one attached hydrogen (secondary N) is 1. The smallest absolute Gasteiger partial charge is 0.282 e. The van der Waals surface area contributed by atoms with Crippen LogP contribution in [0.1, 0.15) is 16.7 Å². The number of aryl methyl sites for hydroxylation is 1. The summed E-state index contributed by atoms with van der Waals surface area (Å²) in [6, 6.07) is 15.7. The molecule has 3 heterocycles. The first-order valence-electron chi connectivity index (χ1n) is 9.11. The van der Waals surface area contributed by atoms with Gasteiger partial charge in [0.25, 0.3) is 11.1 Å². The molecular weight excluding hydrogens is 414 g/mol. The van der Waals surface area contributed by atoms with E-state index in [0.717, 1.165) is 54.3 Å². The predicted octanol–water partition coefficient (Wildman–Crippen LogP) is 5.62. The van der Waals surface area contributed by atoms with Gasteiger partial charge < -0.3 is 0 Å². The van der Waals surface area contributed by atoms with Crippen molar-refractivity contribution in [2.24, 2.45) is 0 Å². The Morgan fingerprint density at radius 3 is 2.73 bits per heavy atom.